The summed E-state index contributed by atoms with van der Waals surface area (Å²) in [7, 11) is 0. The van der Waals surface area contributed by atoms with Crippen molar-refractivity contribution in [3.8, 4) is 0 Å². The lowest BCUT2D eigenvalue weighted by atomic mass is 10.2. The van der Waals surface area contributed by atoms with E-state index in [-0.39, 0.29) is 0 Å². The van der Waals surface area contributed by atoms with Crippen LogP contribution in [0.25, 0.3) is 0 Å². The van der Waals surface area contributed by atoms with Gasteiger partial charge in [0.1, 0.15) is 0 Å². The van der Waals surface area contributed by atoms with E-state index in [0.717, 1.165) is 12.5 Å². The molecule has 0 atom stereocenters. The molecule has 0 aromatic carbocycles. The average Bonchev–Trinajstić information content (AvgIpc) is 2.46. The third-order valence-electron chi connectivity index (χ3n) is 1.53. The Morgan fingerprint density at radius 3 is 2.70 bits per heavy atom. The topological polar surface area (TPSA) is 63.3 Å². The highest BCUT2D eigenvalue weighted by Crippen LogP contribution is 2.33. The molecule has 0 aromatic rings. The summed E-state index contributed by atoms with van der Waals surface area (Å²) in [6.07, 6.45) is 4.24. The van der Waals surface area contributed by atoms with Crippen molar-refractivity contribution in [2.24, 2.45) is 11.7 Å². The van der Waals surface area contributed by atoms with Gasteiger partial charge in [0.25, 0.3) is 0 Å². The van der Waals surface area contributed by atoms with Crippen LogP contribution in [-0.4, -0.2) is 11.1 Å². The lowest BCUT2D eigenvalue weighted by molar-refractivity contribution is -0.131. The minimum absolute atomic E-state index is 0.495. The molecule has 0 heterocycles. The monoisotopic (exact) mass is 141 g/mol. The Morgan fingerprint density at radius 1 is 1.70 bits per heavy atom. The van der Waals surface area contributed by atoms with Gasteiger partial charge in [-0.2, -0.15) is 0 Å². The summed E-state index contributed by atoms with van der Waals surface area (Å²) >= 11 is 0. The highest BCUT2D eigenvalue weighted by atomic mass is 16.4. The second-order valence-electron chi connectivity index (χ2n) is 2.70. The van der Waals surface area contributed by atoms with Gasteiger partial charge in [0.05, 0.1) is 0 Å². The van der Waals surface area contributed by atoms with Crippen LogP contribution in [0.2, 0.25) is 0 Å². The molecule has 10 heavy (non-hydrogen) atoms. The van der Waals surface area contributed by atoms with Crippen LogP contribution in [-0.2, 0) is 4.79 Å². The maximum Gasteiger partial charge on any atom is 0.330 e. The number of carbonyl (C=O) groups is 1. The highest BCUT2D eigenvalue weighted by molar-refractivity contribution is 5.80. The van der Waals surface area contributed by atoms with E-state index in [1.54, 1.807) is 0 Å². The van der Waals surface area contributed by atoms with Crippen LogP contribution < -0.4 is 5.73 Å². The van der Waals surface area contributed by atoms with Gasteiger partial charge in [-0.1, -0.05) is 0 Å². The maximum absolute atomic E-state index is 10.1. The van der Waals surface area contributed by atoms with E-state index >= 15 is 0 Å². The summed E-state index contributed by atoms with van der Waals surface area (Å²) in [6.45, 7) is 0. The number of hydrogen-bond donors (Lipinski definition) is 2. The fraction of sp³-hybridized carbons (Fsp3) is 0.571. The Kier molecular flexibility index (Phi) is 1.94. The standard InChI is InChI=1S/C7H11NO2/c8-6(4-7(9)10)3-5-1-2-5/h4-5H,1-3,8H2,(H,9,10)/b6-4-. The van der Waals surface area contributed by atoms with Gasteiger partial charge in [0.2, 0.25) is 0 Å². The molecule has 0 radical (unpaired) electrons. The molecule has 0 aliphatic heterocycles. The Morgan fingerprint density at radius 2 is 2.30 bits per heavy atom. The first-order valence-corrected chi connectivity index (χ1v) is 3.37. The number of rotatable bonds is 3. The molecule has 0 aromatic heterocycles. The van der Waals surface area contributed by atoms with E-state index in [9.17, 15) is 4.79 Å². The van der Waals surface area contributed by atoms with Crippen molar-refractivity contribution in [2.45, 2.75) is 19.3 Å². The lowest BCUT2D eigenvalue weighted by Gasteiger charge is -1.94. The normalized spacial score (nSPS) is 19.0. The molecular formula is C7H11NO2. The summed E-state index contributed by atoms with van der Waals surface area (Å²) in [5.74, 6) is -0.284. The number of nitrogens with two attached hydrogens (primary N) is 1. The van der Waals surface area contributed by atoms with E-state index in [0.29, 0.717) is 11.6 Å². The van der Waals surface area contributed by atoms with E-state index in [1.165, 1.54) is 12.8 Å². The smallest absolute Gasteiger partial charge is 0.330 e. The lowest BCUT2D eigenvalue weighted by Crippen LogP contribution is -2.02. The van der Waals surface area contributed by atoms with Gasteiger partial charge in [-0.15, -0.1) is 0 Å². The molecule has 0 amide bonds. The Balaban J connectivity index is 2.30. The molecule has 1 fully saturated rings. The zero-order valence-corrected chi connectivity index (χ0v) is 5.71. The van der Waals surface area contributed by atoms with Gasteiger partial charge >= 0.3 is 5.97 Å². The summed E-state index contributed by atoms with van der Waals surface area (Å²) in [5, 5.41) is 8.26. The van der Waals surface area contributed by atoms with Crippen LogP contribution in [0.3, 0.4) is 0 Å². The van der Waals surface area contributed by atoms with Crippen LogP contribution in [0.15, 0.2) is 11.8 Å². The molecule has 3 N–H and O–H groups in total. The van der Waals surface area contributed by atoms with E-state index in [2.05, 4.69) is 0 Å². The molecule has 0 unspecified atom stereocenters. The predicted octanol–water partition coefficient (Wildman–Crippen LogP) is 0.714. The summed E-state index contributed by atoms with van der Waals surface area (Å²) < 4.78 is 0. The average molecular weight is 141 g/mol. The van der Waals surface area contributed by atoms with Crippen LogP contribution in [0.1, 0.15) is 19.3 Å². The Bertz CT molecular complexity index is 170. The van der Waals surface area contributed by atoms with Crippen molar-refractivity contribution in [1.29, 1.82) is 0 Å². The van der Waals surface area contributed by atoms with E-state index in [4.69, 9.17) is 10.8 Å². The molecule has 0 spiro atoms. The Hall–Kier alpha value is -0.990. The van der Waals surface area contributed by atoms with Gasteiger partial charge in [0, 0.05) is 11.8 Å². The van der Waals surface area contributed by atoms with Crippen molar-refractivity contribution in [1.82, 2.24) is 0 Å². The first kappa shape index (κ1) is 7.12. The molecule has 0 saturated heterocycles. The van der Waals surface area contributed by atoms with Crippen molar-refractivity contribution in [2.75, 3.05) is 0 Å². The summed E-state index contributed by atoms with van der Waals surface area (Å²) in [5.41, 5.74) is 5.89. The van der Waals surface area contributed by atoms with Gasteiger partial charge in [-0.25, -0.2) is 4.79 Å². The number of carboxylic acids is 1. The first-order chi connectivity index (χ1) is 4.68. The highest BCUT2D eigenvalue weighted by Gasteiger charge is 2.21. The molecule has 56 valence electrons. The van der Waals surface area contributed by atoms with Crippen molar-refractivity contribution >= 4 is 5.97 Å². The van der Waals surface area contributed by atoms with Gasteiger partial charge in [0.15, 0.2) is 0 Å². The van der Waals surface area contributed by atoms with Crippen molar-refractivity contribution in [3.05, 3.63) is 11.8 Å². The van der Waals surface area contributed by atoms with Crippen molar-refractivity contribution in [3.63, 3.8) is 0 Å². The molecule has 1 aliphatic carbocycles. The van der Waals surface area contributed by atoms with Gasteiger partial charge in [-0.05, 0) is 25.2 Å². The minimum Gasteiger partial charge on any atom is -0.478 e. The summed E-state index contributed by atoms with van der Waals surface area (Å²) in [4.78, 5) is 10.1. The molecule has 1 rings (SSSR count). The predicted molar refractivity (Wildman–Crippen MR) is 37.2 cm³/mol. The third kappa shape index (κ3) is 2.53. The zero-order valence-electron chi connectivity index (χ0n) is 5.71. The first-order valence-electron chi connectivity index (χ1n) is 3.37. The van der Waals surface area contributed by atoms with Gasteiger partial charge in [-0.3, -0.25) is 0 Å². The van der Waals surface area contributed by atoms with Crippen molar-refractivity contribution < 1.29 is 9.90 Å². The Labute approximate surface area is 59.5 Å². The number of carboxylic acid groups (broad SMARTS) is 1. The quantitative estimate of drug-likeness (QED) is 0.569. The number of hydrogen-bond acceptors (Lipinski definition) is 2. The fourth-order valence-corrected chi connectivity index (χ4v) is 0.873. The second-order valence-corrected chi connectivity index (χ2v) is 2.70. The summed E-state index contributed by atoms with van der Waals surface area (Å²) in [6, 6.07) is 0. The molecule has 3 heteroatoms. The van der Waals surface area contributed by atoms with Crippen LogP contribution in [0.4, 0.5) is 0 Å². The second kappa shape index (κ2) is 2.73. The van der Waals surface area contributed by atoms with Crippen LogP contribution in [0.5, 0.6) is 0 Å². The van der Waals surface area contributed by atoms with Crippen LogP contribution >= 0.6 is 0 Å². The zero-order chi connectivity index (χ0) is 7.56. The molecule has 3 nitrogen and oxygen atoms in total. The third-order valence-corrected chi connectivity index (χ3v) is 1.53. The largest absolute Gasteiger partial charge is 0.478 e. The van der Waals surface area contributed by atoms with Gasteiger partial charge < -0.3 is 10.8 Å². The van der Waals surface area contributed by atoms with Crippen LogP contribution in [0, 0.1) is 5.92 Å². The maximum atomic E-state index is 10.1. The SMILES string of the molecule is N/C(=C\C(=O)O)CC1CC1. The number of allylic oxidation sites excluding steroid dienone is 1. The van der Waals surface area contributed by atoms with E-state index in [1.807, 2.05) is 0 Å². The molecule has 1 aliphatic rings. The molecule has 1 saturated carbocycles. The molecule has 0 bridgehead atoms. The fourth-order valence-electron chi connectivity index (χ4n) is 0.873. The van der Waals surface area contributed by atoms with E-state index < -0.39 is 5.97 Å². The minimum atomic E-state index is -0.946. The number of aliphatic carboxylic acids is 1. The molecular weight excluding hydrogens is 130 g/mol.